The highest BCUT2D eigenvalue weighted by Gasteiger charge is 2.14. The molecule has 1 amide bonds. The topological polar surface area (TPSA) is 68.5 Å². The highest BCUT2D eigenvalue weighted by atomic mass is 32.2. The second kappa shape index (κ2) is 7.26. The highest BCUT2D eigenvalue weighted by molar-refractivity contribution is 7.84. The molecule has 0 aliphatic carbocycles. The average Bonchev–Trinajstić information content (AvgIpc) is 2.95. The molecular weight excluding hydrogens is 302 g/mol. The molecule has 22 heavy (non-hydrogen) atoms. The third-order valence-corrected chi connectivity index (χ3v) is 4.25. The lowest BCUT2D eigenvalue weighted by atomic mass is 10.3. The Morgan fingerprint density at radius 3 is 2.50 bits per heavy atom. The lowest BCUT2D eigenvalue weighted by Crippen LogP contribution is -2.29. The predicted octanol–water partition coefficient (Wildman–Crippen LogP) is 2.73. The van der Waals surface area contributed by atoms with E-state index < -0.39 is 10.8 Å². The molecule has 2 rings (SSSR count). The first-order chi connectivity index (χ1) is 10.5. The van der Waals surface area contributed by atoms with Gasteiger partial charge in [-0.1, -0.05) is 0 Å². The SMILES string of the molecule is COc1ccc([S@@](=O)Cc2ccc(C(=O)NC(C)C)o2)cc1. The molecule has 118 valence electrons. The van der Waals surface area contributed by atoms with Gasteiger partial charge in [0.15, 0.2) is 5.76 Å². The van der Waals surface area contributed by atoms with Crippen molar-refractivity contribution in [3.8, 4) is 5.75 Å². The third kappa shape index (κ3) is 4.21. The van der Waals surface area contributed by atoms with Gasteiger partial charge in [0, 0.05) is 10.9 Å². The van der Waals surface area contributed by atoms with Crippen molar-refractivity contribution in [3.63, 3.8) is 0 Å². The number of carbonyl (C=O) groups is 1. The van der Waals surface area contributed by atoms with Gasteiger partial charge in [-0.05, 0) is 50.2 Å². The summed E-state index contributed by atoms with van der Waals surface area (Å²) in [5, 5.41) is 2.75. The summed E-state index contributed by atoms with van der Waals surface area (Å²) in [5.74, 6) is 1.42. The van der Waals surface area contributed by atoms with Gasteiger partial charge >= 0.3 is 0 Å². The fraction of sp³-hybridized carbons (Fsp3) is 0.312. The van der Waals surface area contributed by atoms with E-state index in [9.17, 15) is 9.00 Å². The first kappa shape index (κ1) is 16.3. The molecule has 1 heterocycles. The van der Waals surface area contributed by atoms with Gasteiger partial charge in [0.1, 0.15) is 11.5 Å². The minimum atomic E-state index is -1.24. The number of methoxy groups -OCH3 is 1. The molecule has 1 aromatic carbocycles. The number of amides is 1. The number of furan rings is 1. The van der Waals surface area contributed by atoms with Crippen LogP contribution in [-0.2, 0) is 16.6 Å². The van der Waals surface area contributed by atoms with Crippen LogP contribution in [0, 0.1) is 0 Å². The Morgan fingerprint density at radius 1 is 1.23 bits per heavy atom. The summed E-state index contributed by atoms with van der Waals surface area (Å²) in [5.41, 5.74) is 0. The first-order valence-corrected chi connectivity index (χ1v) is 8.23. The molecule has 0 saturated heterocycles. The molecule has 0 spiro atoms. The normalized spacial score (nSPS) is 12.2. The maximum absolute atomic E-state index is 12.3. The van der Waals surface area contributed by atoms with E-state index in [-0.39, 0.29) is 23.5 Å². The van der Waals surface area contributed by atoms with E-state index >= 15 is 0 Å². The molecule has 5 nitrogen and oxygen atoms in total. The fourth-order valence-electron chi connectivity index (χ4n) is 1.85. The molecule has 1 aromatic heterocycles. The van der Waals surface area contributed by atoms with E-state index in [1.807, 2.05) is 13.8 Å². The van der Waals surface area contributed by atoms with Crippen molar-refractivity contribution in [2.24, 2.45) is 0 Å². The monoisotopic (exact) mass is 321 g/mol. The summed E-state index contributed by atoms with van der Waals surface area (Å²) in [6.45, 7) is 3.75. The Bertz CT molecular complexity index is 661. The van der Waals surface area contributed by atoms with Crippen molar-refractivity contribution in [1.29, 1.82) is 0 Å². The van der Waals surface area contributed by atoms with Crippen molar-refractivity contribution in [2.75, 3.05) is 7.11 Å². The quantitative estimate of drug-likeness (QED) is 0.888. The Morgan fingerprint density at radius 2 is 1.91 bits per heavy atom. The van der Waals surface area contributed by atoms with Gasteiger partial charge in [-0.25, -0.2) is 0 Å². The van der Waals surface area contributed by atoms with Crippen LogP contribution in [-0.4, -0.2) is 23.3 Å². The van der Waals surface area contributed by atoms with Crippen LogP contribution < -0.4 is 10.1 Å². The van der Waals surface area contributed by atoms with Gasteiger partial charge in [-0.3, -0.25) is 9.00 Å². The molecule has 1 N–H and O–H groups in total. The molecule has 6 heteroatoms. The van der Waals surface area contributed by atoms with E-state index in [2.05, 4.69) is 5.32 Å². The number of hydrogen-bond acceptors (Lipinski definition) is 4. The van der Waals surface area contributed by atoms with E-state index in [0.717, 1.165) is 0 Å². The van der Waals surface area contributed by atoms with Crippen LogP contribution in [0.4, 0.5) is 0 Å². The molecule has 0 radical (unpaired) electrons. The molecule has 0 fully saturated rings. The van der Waals surface area contributed by atoms with Crippen LogP contribution >= 0.6 is 0 Å². The van der Waals surface area contributed by atoms with Gasteiger partial charge < -0.3 is 14.5 Å². The van der Waals surface area contributed by atoms with E-state index in [1.54, 1.807) is 43.5 Å². The summed E-state index contributed by atoms with van der Waals surface area (Å²) in [4.78, 5) is 12.5. The lowest BCUT2D eigenvalue weighted by molar-refractivity contribution is 0.0913. The van der Waals surface area contributed by atoms with Crippen molar-refractivity contribution < 1.29 is 18.2 Å². The molecular formula is C16H19NO4S. The second-order valence-corrected chi connectivity index (χ2v) is 6.51. The van der Waals surface area contributed by atoms with Gasteiger partial charge in [0.25, 0.3) is 5.91 Å². The summed E-state index contributed by atoms with van der Waals surface area (Å²) >= 11 is 0. The number of rotatable bonds is 6. The molecule has 1 atom stereocenters. The summed E-state index contributed by atoms with van der Waals surface area (Å²) < 4.78 is 22.8. The maximum Gasteiger partial charge on any atom is 0.287 e. The van der Waals surface area contributed by atoms with Crippen molar-refractivity contribution in [3.05, 3.63) is 47.9 Å². The molecule has 2 aromatic rings. The summed E-state index contributed by atoms with van der Waals surface area (Å²) in [7, 11) is 0.346. The Balaban J connectivity index is 2.02. The minimum Gasteiger partial charge on any atom is -0.497 e. The van der Waals surface area contributed by atoms with Crippen molar-refractivity contribution >= 4 is 16.7 Å². The zero-order valence-corrected chi connectivity index (χ0v) is 13.6. The van der Waals surface area contributed by atoms with E-state index in [1.165, 1.54) is 0 Å². The van der Waals surface area contributed by atoms with Crippen LogP contribution in [0.5, 0.6) is 5.75 Å². The van der Waals surface area contributed by atoms with Gasteiger partial charge in [-0.15, -0.1) is 0 Å². The number of hydrogen-bond donors (Lipinski definition) is 1. The standard InChI is InChI=1S/C16H19NO4S/c1-11(2)17-16(18)15-9-6-13(21-15)10-22(19)14-7-4-12(20-3)5-8-14/h4-9,11H,10H2,1-3H3,(H,17,18)/t22-/m0/s1. The third-order valence-electron chi connectivity index (χ3n) is 2.90. The Labute approximate surface area is 132 Å². The molecule has 0 aliphatic heterocycles. The van der Waals surface area contributed by atoms with E-state index in [0.29, 0.717) is 16.4 Å². The first-order valence-electron chi connectivity index (χ1n) is 6.91. The van der Waals surface area contributed by atoms with Crippen LogP contribution in [0.2, 0.25) is 0 Å². The molecule has 0 unspecified atom stereocenters. The van der Waals surface area contributed by atoms with Gasteiger partial charge in [0.2, 0.25) is 0 Å². The predicted molar refractivity (Wildman–Crippen MR) is 84.4 cm³/mol. The fourth-order valence-corrected chi connectivity index (χ4v) is 2.87. The molecule has 0 bridgehead atoms. The zero-order valence-electron chi connectivity index (χ0n) is 12.8. The van der Waals surface area contributed by atoms with Crippen molar-refractivity contribution in [2.45, 2.75) is 30.5 Å². The molecule has 0 saturated carbocycles. The largest absolute Gasteiger partial charge is 0.497 e. The van der Waals surface area contributed by atoms with Crippen LogP contribution in [0.3, 0.4) is 0 Å². The Hall–Kier alpha value is -2.08. The Kier molecular flexibility index (Phi) is 5.38. The number of nitrogens with one attached hydrogen (secondary N) is 1. The number of carbonyl (C=O) groups excluding carboxylic acids is 1. The van der Waals surface area contributed by atoms with Crippen molar-refractivity contribution in [1.82, 2.24) is 5.32 Å². The van der Waals surface area contributed by atoms with Crippen LogP contribution in [0.1, 0.15) is 30.2 Å². The summed E-state index contributed by atoms with van der Waals surface area (Å²) in [6, 6.07) is 10.3. The van der Waals surface area contributed by atoms with Crippen LogP contribution in [0.15, 0.2) is 45.7 Å². The zero-order chi connectivity index (χ0) is 16.1. The summed E-state index contributed by atoms with van der Waals surface area (Å²) in [6.07, 6.45) is 0. The second-order valence-electron chi connectivity index (χ2n) is 5.06. The highest BCUT2D eigenvalue weighted by Crippen LogP contribution is 2.18. The average molecular weight is 321 g/mol. The minimum absolute atomic E-state index is 0.0366. The smallest absolute Gasteiger partial charge is 0.287 e. The van der Waals surface area contributed by atoms with Gasteiger partial charge in [-0.2, -0.15) is 0 Å². The molecule has 0 aliphatic rings. The lowest BCUT2D eigenvalue weighted by Gasteiger charge is -2.05. The van der Waals surface area contributed by atoms with Crippen LogP contribution in [0.25, 0.3) is 0 Å². The number of benzene rings is 1. The van der Waals surface area contributed by atoms with Gasteiger partial charge in [0.05, 0.1) is 23.7 Å². The number of ether oxygens (including phenoxy) is 1. The van der Waals surface area contributed by atoms with E-state index in [4.69, 9.17) is 9.15 Å². The maximum atomic E-state index is 12.3.